The summed E-state index contributed by atoms with van der Waals surface area (Å²) >= 11 is 7.36. The predicted molar refractivity (Wildman–Crippen MR) is 101 cm³/mol. The van der Waals surface area contributed by atoms with E-state index >= 15 is 0 Å². The highest BCUT2D eigenvalue weighted by molar-refractivity contribution is 7.14. The van der Waals surface area contributed by atoms with E-state index in [1.807, 2.05) is 37.2 Å². The van der Waals surface area contributed by atoms with E-state index in [2.05, 4.69) is 20.9 Å². The maximum atomic E-state index is 12.1. The van der Waals surface area contributed by atoms with Crippen LogP contribution in [0.5, 0.6) is 0 Å². The SMILES string of the molecule is CN(C)CCNC(=O)CNC(=O)c1csc(Nc2ccccc2Cl)n1. The lowest BCUT2D eigenvalue weighted by Gasteiger charge is -2.10. The molecule has 0 unspecified atom stereocenters. The molecule has 0 fully saturated rings. The first-order chi connectivity index (χ1) is 12.0. The Kier molecular flexibility index (Phi) is 7.17. The van der Waals surface area contributed by atoms with Crippen molar-refractivity contribution in [3.63, 3.8) is 0 Å². The third-order valence-corrected chi connectivity index (χ3v) is 4.23. The van der Waals surface area contributed by atoms with E-state index in [1.165, 1.54) is 11.3 Å². The fourth-order valence-electron chi connectivity index (χ4n) is 1.85. The maximum absolute atomic E-state index is 12.1. The van der Waals surface area contributed by atoms with Crippen LogP contribution in [0.4, 0.5) is 10.8 Å². The van der Waals surface area contributed by atoms with Crippen LogP contribution in [-0.2, 0) is 4.79 Å². The summed E-state index contributed by atoms with van der Waals surface area (Å²) in [5.74, 6) is -0.633. The van der Waals surface area contributed by atoms with Crippen LogP contribution < -0.4 is 16.0 Å². The minimum atomic E-state index is -0.397. The molecule has 1 aromatic heterocycles. The highest BCUT2D eigenvalue weighted by Gasteiger charge is 2.12. The van der Waals surface area contributed by atoms with Crippen LogP contribution in [0.1, 0.15) is 10.5 Å². The lowest BCUT2D eigenvalue weighted by molar-refractivity contribution is -0.120. The van der Waals surface area contributed by atoms with E-state index in [0.717, 1.165) is 6.54 Å². The van der Waals surface area contributed by atoms with Crippen LogP contribution in [0.3, 0.4) is 0 Å². The Balaban J connectivity index is 1.82. The number of amides is 2. The number of rotatable bonds is 8. The summed E-state index contributed by atoms with van der Waals surface area (Å²) < 4.78 is 0. The van der Waals surface area contributed by atoms with Gasteiger partial charge in [-0.1, -0.05) is 23.7 Å². The van der Waals surface area contributed by atoms with Gasteiger partial charge in [0.2, 0.25) is 5.91 Å². The molecule has 1 heterocycles. The first kappa shape index (κ1) is 19.2. The number of hydrogen-bond acceptors (Lipinski definition) is 6. The summed E-state index contributed by atoms with van der Waals surface area (Å²) in [4.78, 5) is 29.9. The van der Waals surface area contributed by atoms with Crippen LogP contribution in [0.15, 0.2) is 29.6 Å². The Bertz CT molecular complexity index is 735. The zero-order chi connectivity index (χ0) is 18.2. The molecule has 0 saturated carbocycles. The van der Waals surface area contributed by atoms with E-state index in [1.54, 1.807) is 11.4 Å². The fourth-order valence-corrected chi connectivity index (χ4v) is 2.73. The summed E-state index contributed by atoms with van der Waals surface area (Å²) in [7, 11) is 3.84. The number of benzene rings is 1. The van der Waals surface area contributed by atoms with E-state index in [9.17, 15) is 9.59 Å². The Labute approximate surface area is 155 Å². The van der Waals surface area contributed by atoms with Crippen molar-refractivity contribution in [3.05, 3.63) is 40.4 Å². The van der Waals surface area contributed by atoms with Crippen LogP contribution in [-0.4, -0.2) is 55.4 Å². The second-order valence-corrected chi connectivity index (χ2v) is 6.74. The van der Waals surface area contributed by atoms with Gasteiger partial charge in [0, 0.05) is 18.5 Å². The van der Waals surface area contributed by atoms with Crippen molar-refractivity contribution in [2.24, 2.45) is 0 Å². The molecular weight excluding hydrogens is 362 g/mol. The van der Waals surface area contributed by atoms with Crippen LogP contribution in [0.25, 0.3) is 0 Å². The normalized spacial score (nSPS) is 10.6. The molecule has 0 aliphatic rings. The summed E-state index contributed by atoms with van der Waals surface area (Å²) in [6, 6.07) is 7.27. The first-order valence-electron chi connectivity index (χ1n) is 7.62. The van der Waals surface area contributed by atoms with Gasteiger partial charge in [-0.25, -0.2) is 4.98 Å². The Hall–Kier alpha value is -2.16. The number of thiazole rings is 1. The number of aromatic nitrogens is 1. The standard InChI is InChI=1S/C16H20ClN5O2S/c1-22(2)8-7-18-14(23)9-19-15(24)13-10-25-16(21-13)20-12-6-4-3-5-11(12)17/h3-6,10H,7-9H2,1-2H3,(H,18,23)(H,19,24)(H,20,21). The minimum absolute atomic E-state index is 0.0862. The molecule has 1 aromatic carbocycles. The molecule has 0 atom stereocenters. The summed E-state index contributed by atoms with van der Waals surface area (Å²) in [6.45, 7) is 1.18. The van der Waals surface area contributed by atoms with Gasteiger partial charge in [-0.2, -0.15) is 0 Å². The van der Waals surface area contributed by atoms with Gasteiger partial charge in [0.25, 0.3) is 5.91 Å². The molecule has 2 rings (SSSR count). The molecule has 0 radical (unpaired) electrons. The minimum Gasteiger partial charge on any atom is -0.353 e. The largest absolute Gasteiger partial charge is 0.353 e. The third kappa shape index (κ3) is 6.33. The lowest BCUT2D eigenvalue weighted by atomic mass is 10.3. The number of anilines is 2. The van der Waals surface area contributed by atoms with Gasteiger partial charge in [-0.3, -0.25) is 9.59 Å². The molecule has 0 aliphatic carbocycles. The topological polar surface area (TPSA) is 86.4 Å². The molecule has 0 saturated heterocycles. The van der Waals surface area contributed by atoms with Crippen LogP contribution in [0.2, 0.25) is 5.02 Å². The van der Waals surface area contributed by atoms with Crippen molar-refractivity contribution in [1.29, 1.82) is 0 Å². The fraction of sp³-hybridized carbons (Fsp3) is 0.312. The Morgan fingerprint density at radius 1 is 1.24 bits per heavy atom. The zero-order valence-corrected chi connectivity index (χ0v) is 15.6. The molecule has 0 aliphatic heterocycles. The third-order valence-electron chi connectivity index (χ3n) is 3.14. The molecule has 7 nitrogen and oxygen atoms in total. The summed E-state index contributed by atoms with van der Waals surface area (Å²) in [6.07, 6.45) is 0. The number of likely N-dealkylation sites (N-methyl/N-ethyl adjacent to an activating group) is 1. The van der Waals surface area contributed by atoms with Crippen LogP contribution >= 0.6 is 22.9 Å². The number of para-hydroxylation sites is 1. The Morgan fingerprint density at radius 2 is 2.00 bits per heavy atom. The van der Waals surface area contributed by atoms with Crippen molar-refractivity contribution in [2.75, 3.05) is 39.0 Å². The zero-order valence-electron chi connectivity index (χ0n) is 14.0. The van der Waals surface area contributed by atoms with E-state index in [-0.39, 0.29) is 18.1 Å². The number of carbonyl (C=O) groups is 2. The van der Waals surface area contributed by atoms with Gasteiger partial charge in [-0.05, 0) is 26.2 Å². The van der Waals surface area contributed by atoms with Crippen molar-refractivity contribution in [3.8, 4) is 0 Å². The molecule has 9 heteroatoms. The number of hydrogen-bond donors (Lipinski definition) is 3. The molecule has 3 N–H and O–H groups in total. The maximum Gasteiger partial charge on any atom is 0.271 e. The quantitative estimate of drug-likeness (QED) is 0.650. The second-order valence-electron chi connectivity index (χ2n) is 5.48. The number of nitrogens with zero attached hydrogens (tertiary/aromatic N) is 2. The van der Waals surface area contributed by atoms with Crippen molar-refractivity contribution >= 4 is 45.6 Å². The number of nitrogens with one attached hydrogen (secondary N) is 3. The van der Waals surface area contributed by atoms with Crippen molar-refractivity contribution in [1.82, 2.24) is 20.5 Å². The van der Waals surface area contributed by atoms with Crippen molar-refractivity contribution in [2.45, 2.75) is 0 Å². The van der Waals surface area contributed by atoms with Gasteiger partial charge < -0.3 is 20.9 Å². The summed E-state index contributed by atoms with van der Waals surface area (Å²) in [5, 5.41) is 11.1. The lowest BCUT2D eigenvalue weighted by Crippen LogP contribution is -2.39. The van der Waals surface area contributed by atoms with E-state index < -0.39 is 5.91 Å². The number of carbonyl (C=O) groups excluding carboxylic acids is 2. The molecule has 0 spiro atoms. The molecule has 25 heavy (non-hydrogen) atoms. The Morgan fingerprint density at radius 3 is 2.72 bits per heavy atom. The predicted octanol–water partition coefficient (Wildman–Crippen LogP) is 1.95. The van der Waals surface area contributed by atoms with Gasteiger partial charge >= 0.3 is 0 Å². The van der Waals surface area contributed by atoms with Gasteiger partial charge in [0.1, 0.15) is 5.69 Å². The van der Waals surface area contributed by atoms with Crippen molar-refractivity contribution < 1.29 is 9.59 Å². The molecule has 0 bridgehead atoms. The summed E-state index contributed by atoms with van der Waals surface area (Å²) in [5.41, 5.74) is 0.964. The van der Waals surface area contributed by atoms with Gasteiger partial charge in [0.05, 0.1) is 17.3 Å². The van der Waals surface area contributed by atoms with Gasteiger partial charge in [0.15, 0.2) is 5.13 Å². The highest BCUT2D eigenvalue weighted by Crippen LogP contribution is 2.26. The molecule has 134 valence electrons. The second kappa shape index (κ2) is 9.36. The highest BCUT2D eigenvalue weighted by atomic mass is 35.5. The van der Waals surface area contributed by atoms with E-state index in [4.69, 9.17) is 11.6 Å². The van der Waals surface area contributed by atoms with Crippen LogP contribution in [0, 0.1) is 0 Å². The smallest absolute Gasteiger partial charge is 0.271 e. The van der Waals surface area contributed by atoms with E-state index in [0.29, 0.717) is 22.4 Å². The monoisotopic (exact) mass is 381 g/mol. The molecule has 2 aromatic rings. The average molecular weight is 382 g/mol. The molecule has 2 amide bonds. The van der Waals surface area contributed by atoms with Gasteiger partial charge in [-0.15, -0.1) is 11.3 Å². The number of halogens is 1. The molecular formula is C16H20ClN5O2S. The average Bonchev–Trinajstić information content (AvgIpc) is 3.03. The first-order valence-corrected chi connectivity index (χ1v) is 8.88.